The SMILES string of the molecule is OC(c1ccncc1)(c1ccsc1)c1ccsc1. The van der Waals surface area contributed by atoms with Crippen LogP contribution in [0.5, 0.6) is 0 Å². The fourth-order valence-electron chi connectivity index (χ4n) is 2.03. The van der Waals surface area contributed by atoms with Gasteiger partial charge in [0.15, 0.2) is 0 Å². The molecule has 0 fully saturated rings. The van der Waals surface area contributed by atoms with Crippen molar-refractivity contribution in [2.45, 2.75) is 5.60 Å². The van der Waals surface area contributed by atoms with Gasteiger partial charge in [0, 0.05) is 23.5 Å². The van der Waals surface area contributed by atoms with Crippen molar-refractivity contribution in [2.75, 3.05) is 0 Å². The summed E-state index contributed by atoms with van der Waals surface area (Å²) in [5, 5.41) is 19.1. The lowest BCUT2D eigenvalue weighted by Gasteiger charge is -2.27. The second-order valence-corrected chi connectivity index (χ2v) is 5.53. The van der Waals surface area contributed by atoms with Gasteiger partial charge in [0.1, 0.15) is 5.60 Å². The topological polar surface area (TPSA) is 33.1 Å². The lowest BCUT2D eigenvalue weighted by molar-refractivity contribution is 0.126. The van der Waals surface area contributed by atoms with Crippen molar-refractivity contribution in [3.8, 4) is 0 Å². The van der Waals surface area contributed by atoms with Crippen LogP contribution in [0.1, 0.15) is 16.7 Å². The van der Waals surface area contributed by atoms with Gasteiger partial charge in [0.25, 0.3) is 0 Å². The predicted octanol–water partition coefficient (Wildman–Crippen LogP) is 3.49. The molecule has 0 saturated carbocycles. The van der Waals surface area contributed by atoms with E-state index in [0.29, 0.717) is 0 Å². The Morgan fingerprint density at radius 3 is 1.83 bits per heavy atom. The number of thiophene rings is 2. The highest BCUT2D eigenvalue weighted by Gasteiger charge is 2.34. The molecule has 90 valence electrons. The number of nitrogens with zero attached hydrogens (tertiary/aromatic N) is 1. The highest BCUT2D eigenvalue weighted by Crippen LogP contribution is 2.38. The van der Waals surface area contributed by atoms with E-state index in [4.69, 9.17) is 0 Å². The van der Waals surface area contributed by atoms with Crippen LogP contribution in [-0.4, -0.2) is 10.1 Å². The molecular weight excluding hydrogens is 262 g/mol. The highest BCUT2D eigenvalue weighted by atomic mass is 32.1. The molecule has 18 heavy (non-hydrogen) atoms. The molecule has 0 radical (unpaired) electrons. The Morgan fingerprint density at radius 1 is 0.833 bits per heavy atom. The van der Waals surface area contributed by atoms with Crippen molar-refractivity contribution in [3.63, 3.8) is 0 Å². The molecule has 0 atom stereocenters. The molecule has 3 heterocycles. The Hall–Kier alpha value is -1.49. The summed E-state index contributed by atoms with van der Waals surface area (Å²) in [6, 6.07) is 7.64. The van der Waals surface area contributed by atoms with Crippen LogP contribution in [-0.2, 0) is 5.60 Å². The summed E-state index contributed by atoms with van der Waals surface area (Å²) >= 11 is 3.17. The zero-order chi connectivity index (χ0) is 12.4. The number of rotatable bonds is 3. The Labute approximate surface area is 113 Å². The average Bonchev–Trinajstić information content (AvgIpc) is 3.12. The molecule has 0 amide bonds. The molecule has 3 aromatic rings. The molecule has 0 saturated heterocycles. The van der Waals surface area contributed by atoms with Gasteiger partial charge in [-0.15, -0.1) is 0 Å². The number of aliphatic hydroxyl groups is 1. The van der Waals surface area contributed by atoms with Gasteiger partial charge in [-0.25, -0.2) is 0 Å². The summed E-state index contributed by atoms with van der Waals surface area (Å²) < 4.78 is 0. The molecule has 0 spiro atoms. The second-order valence-electron chi connectivity index (χ2n) is 3.97. The molecule has 0 aliphatic heterocycles. The second kappa shape index (κ2) is 4.65. The predicted molar refractivity (Wildman–Crippen MR) is 75.0 cm³/mol. The normalized spacial score (nSPS) is 11.6. The quantitative estimate of drug-likeness (QED) is 0.792. The molecule has 1 N–H and O–H groups in total. The van der Waals surface area contributed by atoms with Crippen molar-refractivity contribution in [3.05, 3.63) is 74.9 Å². The molecule has 4 heteroatoms. The van der Waals surface area contributed by atoms with Crippen LogP contribution in [0.2, 0.25) is 0 Å². The number of pyridine rings is 1. The van der Waals surface area contributed by atoms with E-state index >= 15 is 0 Å². The van der Waals surface area contributed by atoms with E-state index in [1.807, 2.05) is 45.8 Å². The summed E-state index contributed by atoms with van der Waals surface area (Å²) in [6.45, 7) is 0. The first-order chi connectivity index (χ1) is 8.82. The summed E-state index contributed by atoms with van der Waals surface area (Å²) in [4.78, 5) is 4.02. The molecule has 3 rings (SSSR count). The fraction of sp³-hybridized carbons (Fsp3) is 0.0714. The van der Waals surface area contributed by atoms with Crippen LogP contribution in [0.15, 0.2) is 58.2 Å². The van der Waals surface area contributed by atoms with Gasteiger partial charge in [-0.05, 0) is 51.3 Å². The van der Waals surface area contributed by atoms with Gasteiger partial charge >= 0.3 is 0 Å². The first kappa shape index (κ1) is 11.6. The van der Waals surface area contributed by atoms with Gasteiger partial charge in [-0.3, -0.25) is 4.98 Å². The third-order valence-corrected chi connectivity index (χ3v) is 4.34. The molecule has 0 unspecified atom stereocenters. The maximum atomic E-state index is 11.2. The lowest BCUT2D eigenvalue weighted by Crippen LogP contribution is -2.27. The van der Waals surface area contributed by atoms with Crippen LogP contribution in [0.3, 0.4) is 0 Å². The van der Waals surface area contributed by atoms with Crippen LogP contribution < -0.4 is 0 Å². The molecule has 0 bridgehead atoms. The van der Waals surface area contributed by atoms with Gasteiger partial charge in [-0.2, -0.15) is 22.7 Å². The fourth-order valence-corrected chi connectivity index (χ4v) is 3.43. The van der Waals surface area contributed by atoms with Crippen molar-refractivity contribution >= 4 is 22.7 Å². The van der Waals surface area contributed by atoms with E-state index in [2.05, 4.69) is 4.98 Å². The zero-order valence-corrected chi connectivity index (χ0v) is 11.1. The maximum absolute atomic E-state index is 11.2. The number of aromatic nitrogens is 1. The third-order valence-electron chi connectivity index (χ3n) is 2.98. The minimum Gasteiger partial charge on any atom is -0.376 e. The number of hydrogen-bond donors (Lipinski definition) is 1. The van der Waals surface area contributed by atoms with Gasteiger partial charge < -0.3 is 5.11 Å². The van der Waals surface area contributed by atoms with E-state index in [1.165, 1.54) is 0 Å². The van der Waals surface area contributed by atoms with Crippen LogP contribution in [0.25, 0.3) is 0 Å². The lowest BCUT2D eigenvalue weighted by atomic mass is 9.84. The van der Waals surface area contributed by atoms with Crippen molar-refractivity contribution in [1.29, 1.82) is 0 Å². The minimum atomic E-state index is -1.08. The molecule has 0 aliphatic carbocycles. The van der Waals surface area contributed by atoms with Crippen LogP contribution in [0, 0.1) is 0 Å². The number of hydrogen-bond acceptors (Lipinski definition) is 4. The Balaban J connectivity index is 2.22. The maximum Gasteiger partial charge on any atom is 0.142 e. The van der Waals surface area contributed by atoms with E-state index in [-0.39, 0.29) is 0 Å². The molecule has 2 nitrogen and oxygen atoms in total. The minimum absolute atomic E-state index is 0.842. The first-order valence-corrected chi connectivity index (χ1v) is 7.38. The third kappa shape index (κ3) is 1.79. The molecule has 0 aromatic carbocycles. The summed E-state index contributed by atoms with van der Waals surface area (Å²) in [5.41, 5.74) is 1.56. The van der Waals surface area contributed by atoms with Gasteiger partial charge in [0.2, 0.25) is 0 Å². The smallest absolute Gasteiger partial charge is 0.142 e. The molecule has 3 aromatic heterocycles. The first-order valence-electron chi connectivity index (χ1n) is 5.50. The van der Waals surface area contributed by atoms with Gasteiger partial charge in [-0.1, -0.05) is 0 Å². The highest BCUT2D eigenvalue weighted by molar-refractivity contribution is 7.08. The standard InChI is InChI=1S/C14H11NOS2/c16-14(12-3-7-17-9-12,13-4-8-18-10-13)11-1-5-15-6-2-11/h1-10,16H. The summed E-state index contributed by atoms with van der Waals surface area (Å²) in [6.07, 6.45) is 3.41. The van der Waals surface area contributed by atoms with Crippen molar-refractivity contribution < 1.29 is 5.11 Å². The summed E-state index contributed by atoms with van der Waals surface area (Å²) in [7, 11) is 0. The Morgan fingerprint density at radius 2 is 1.39 bits per heavy atom. The Bertz CT molecular complexity index is 568. The van der Waals surface area contributed by atoms with Gasteiger partial charge in [0.05, 0.1) is 0 Å². The van der Waals surface area contributed by atoms with E-state index in [0.717, 1.165) is 16.7 Å². The molecule has 0 aliphatic rings. The monoisotopic (exact) mass is 273 g/mol. The van der Waals surface area contributed by atoms with E-state index in [9.17, 15) is 5.11 Å². The average molecular weight is 273 g/mol. The zero-order valence-electron chi connectivity index (χ0n) is 9.48. The molecular formula is C14H11NOS2. The Kier molecular flexibility index (Phi) is 2.99. The van der Waals surface area contributed by atoms with Crippen molar-refractivity contribution in [2.24, 2.45) is 0 Å². The largest absolute Gasteiger partial charge is 0.376 e. The van der Waals surface area contributed by atoms with Crippen molar-refractivity contribution in [1.82, 2.24) is 4.98 Å². The van der Waals surface area contributed by atoms with Crippen LogP contribution in [0.4, 0.5) is 0 Å². The van der Waals surface area contributed by atoms with Crippen LogP contribution >= 0.6 is 22.7 Å². The van der Waals surface area contributed by atoms with E-state index < -0.39 is 5.60 Å². The summed E-state index contributed by atoms with van der Waals surface area (Å²) in [5.74, 6) is 0. The van der Waals surface area contributed by atoms with E-state index in [1.54, 1.807) is 35.1 Å².